The number of aryl methyl sites for hydroxylation is 1. The zero-order valence-corrected chi connectivity index (χ0v) is 14.4. The highest BCUT2D eigenvalue weighted by Crippen LogP contribution is 2.21. The van der Waals surface area contributed by atoms with E-state index in [4.69, 9.17) is 0 Å². The number of rotatable bonds is 5. The van der Waals surface area contributed by atoms with E-state index in [2.05, 4.69) is 27.4 Å². The average molecular weight is 330 g/mol. The van der Waals surface area contributed by atoms with Crippen molar-refractivity contribution in [1.82, 2.24) is 19.2 Å². The minimum atomic E-state index is 0.133. The molecule has 1 saturated heterocycles. The van der Waals surface area contributed by atoms with E-state index in [1.165, 1.54) is 17.1 Å². The van der Waals surface area contributed by atoms with Crippen molar-refractivity contribution in [2.45, 2.75) is 19.9 Å². The van der Waals surface area contributed by atoms with Gasteiger partial charge in [0.05, 0.1) is 11.3 Å². The van der Waals surface area contributed by atoms with Crippen LogP contribution >= 0.6 is 11.5 Å². The molecule has 3 heterocycles. The van der Waals surface area contributed by atoms with E-state index in [1.807, 2.05) is 29.5 Å². The summed E-state index contributed by atoms with van der Waals surface area (Å²) in [5.41, 5.74) is 2.83. The van der Waals surface area contributed by atoms with Crippen LogP contribution in [0.1, 0.15) is 28.0 Å². The third-order valence-electron chi connectivity index (χ3n) is 4.30. The van der Waals surface area contributed by atoms with Crippen molar-refractivity contribution in [2.24, 2.45) is 5.92 Å². The van der Waals surface area contributed by atoms with Crippen LogP contribution in [0.2, 0.25) is 0 Å². The van der Waals surface area contributed by atoms with Crippen molar-refractivity contribution >= 4 is 17.4 Å². The van der Waals surface area contributed by atoms with Crippen LogP contribution in [0, 0.1) is 12.8 Å². The number of nitrogens with zero attached hydrogens (tertiary/aromatic N) is 4. The molecule has 0 saturated carbocycles. The molecule has 2 aromatic rings. The molecule has 1 aliphatic rings. The molecule has 5 nitrogen and oxygen atoms in total. The van der Waals surface area contributed by atoms with Crippen molar-refractivity contribution in [2.75, 3.05) is 26.7 Å². The van der Waals surface area contributed by atoms with Crippen LogP contribution in [0.4, 0.5) is 0 Å². The van der Waals surface area contributed by atoms with E-state index in [0.29, 0.717) is 5.92 Å². The van der Waals surface area contributed by atoms with Gasteiger partial charge >= 0.3 is 0 Å². The van der Waals surface area contributed by atoms with Crippen molar-refractivity contribution < 1.29 is 4.79 Å². The van der Waals surface area contributed by atoms with E-state index < -0.39 is 0 Å². The topological polar surface area (TPSA) is 49.3 Å². The number of carbonyl (C=O) groups excluding carboxylic acids is 1. The average Bonchev–Trinajstić information content (AvgIpc) is 3.16. The Morgan fingerprint density at radius 3 is 3.09 bits per heavy atom. The second-order valence-electron chi connectivity index (χ2n) is 6.28. The first-order valence-corrected chi connectivity index (χ1v) is 8.75. The summed E-state index contributed by atoms with van der Waals surface area (Å²) in [7, 11) is 2.13. The minimum Gasteiger partial charge on any atom is -0.338 e. The Balaban J connectivity index is 1.52. The van der Waals surface area contributed by atoms with Crippen LogP contribution in [0.5, 0.6) is 0 Å². The zero-order valence-electron chi connectivity index (χ0n) is 13.6. The molecular weight excluding hydrogens is 308 g/mol. The Morgan fingerprint density at radius 2 is 2.39 bits per heavy atom. The molecule has 0 bridgehead atoms. The molecule has 1 aliphatic heterocycles. The highest BCUT2D eigenvalue weighted by Gasteiger charge is 2.28. The molecule has 0 N–H and O–H groups in total. The lowest BCUT2D eigenvalue weighted by Gasteiger charge is -2.21. The van der Waals surface area contributed by atoms with Gasteiger partial charge in [-0.25, -0.2) is 0 Å². The van der Waals surface area contributed by atoms with Crippen molar-refractivity contribution in [1.29, 1.82) is 0 Å². The Morgan fingerprint density at radius 1 is 1.52 bits per heavy atom. The van der Waals surface area contributed by atoms with Gasteiger partial charge in [0.15, 0.2) is 0 Å². The molecule has 122 valence electrons. The predicted octanol–water partition coefficient (Wildman–Crippen LogP) is 2.44. The maximum Gasteiger partial charge on any atom is 0.256 e. The first-order chi connectivity index (χ1) is 11.1. The number of pyridine rings is 1. The summed E-state index contributed by atoms with van der Waals surface area (Å²) in [4.78, 5) is 21.0. The summed E-state index contributed by atoms with van der Waals surface area (Å²) in [6.45, 7) is 5.48. The van der Waals surface area contributed by atoms with Crippen molar-refractivity contribution in [3.8, 4) is 0 Å². The lowest BCUT2D eigenvalue weighted by molar-refractivity contribution is 0.0783. The molecular formula is C17H22N4OS. The monoisotopic (exact) mass is 330 g/mol. The lowest BCUT2D eigenvalue weighted by atomic mass is 10.1. The molecule has 0 aromatic carbocycles. The zero-order chi connectivity index (χ0) is 16.2. The molecule has 1 amide bonds. The van der Waals surface area contributed by atoms with Gasteiger partial charge in [-0.1, -0.05) is 6.07 Å². The molecule has 6 heteroatoms. The minimum absolute atomic E-state index is 0.133. The number of carbonyl (C=O) groups is 1. The second kappa shape index (κ2) is 7.19. The Hall–Kier alpha value is -1.79. The third-order valence-corrected chi connectivity index (χ3v) is 5.02. The highest BCUT2D eigenvalue weighted by atomic mass is 32.1. The van der Waals surface area contributed by atoms with Gasteiger partial charge in [-0.15, -0.1) is 0 Å². The maximum atomic E-state index is 12.5. The third kappa shape index (κ3) is 3.95. The normalized spacial score (nSPS) is 17.9. The molecule has 3 rings (SSSR count). The summed E-state index contributed by atoms with van der Waals surface area (Å²) in [5.74, 6) is 0.668. The fraction of sp³-hybridized carbons (Fsp3) is 0.471. The Kier molecular flexibility index (Phi) is 5.03. The van der Waals surface area contributed by atoms with Crippen LogP contribution in [-0.2, 0) is 6.54 Å². The summed E-state index contributed by atoms with van der Waals surface area (Å²) in [5, 5.41) is 1.86. The van der Waals surface area contributed by atoms with E-state index in [9.17, 15) is 4.79 Å². The van der Waals surface area contributed by atoms with Gasteiger partial charge in [0.25, 0.3) is 5.91 Å². The van der Waals surface area contributed by atoms with Gasteiger partial charge in [0, 0.05) is 44.0 Å². The lowest BCUT2D eigenvalue weighted by Crippen LogP contribution is -2.31. The molecule has 1 atom stereocenters. The fourth-order valence-corrected chi connectivity index (χ4v) is 3.83. The van der Waals surface area contributed by atoms with Gasteiger partial charge in [-0.05, 0) is 49.5 Å². The first kappa shape index (κ1) is 16.1. The number of aromatic nitrogens is 2. The van der Waals surface area contributed by atoms with E-state index in [1.54, 1.807) is 6.20 Å². The summed E-state index contributed by atoms with van der Waals surface area (Å²) >= 11 is 1.35. The molecule has 0 radical (unpaired) electrons. The van der Waals surface area contributed by atoms with Gasteiger partial charge in [0.2, 0.25) is 0 Å². The van der Waals surface area contributed by atoms with Crippen molar-refractivity contribution in [3.63, 3.8) is 0 Å². The first-order valence-electron chi connectivity index (χ1n) is 7.91. The second-order valence-corrected chi connectivity index (χ2v) is 6.91. The van der Waals surface area contributed by atoms with Gasteiger partial charge in [-0.3, -0.25) is 9.78 Å². The molecule has 0 unspecified atom stereocenters. The van der Waals surface area contributed by atoms with Crippen LogP contribution in [-0.4, -0.2) is 51.7 Å². The van der Waals surface area contributed by atoms with E-state index in [-0.39, 0.29) is 5.91 Å². The predicted molar refractivity (Wildman–Crippen MR) is 91.4 cm³/mol. The number of amides is 1. The SMILES string of the molecule is Cc1nscc1C(=O)N1CC[C@H](CN(C)Cc2cccnc2)C1. The number of likely N-dealkylation sites (tertiary alicyclic amines) is 1. The molecule has 1 fully saturated rings. The molecule has 2 aromatic heterocycles. The standard InChI is InChI=1S/C17H22N4OS/c1-13-16(12-23-19-13)17(22)21-7-5-15(11-21)10-20(2)9-14-4-3-6-18-8-14/h3-4,6,8,12,15H,5,7,9-11H2,1-2H3/t15-/m1/s1. The summed E-state index contributed by atoms with van der Waals surface area (Å²) < 4.78 is 4.20. The molecule has 0 spiro atoms. The van der Waals surface area contributed by atoms with Gasteiger partial charge < -0.3 is 9.80 Å². The smallest absolute Gasteiger partial charge is 0.256 e. The summed E-state index contributed by atoms with van der Waals surface area (Å²) in [6, 6.07) is 4.07. The van der Waals surface area contributed by atoms with E-state index >= 15 is 0 Å². The van der Waals surface area contributed by atoms with Crippen molar-refractivity contribution in [3.05, 3.63) is 46.7 Å². The van der Waals surface area contributed by atoms with Crippen LogP contribution in [0.3, 0.4) is 0 Å². The fourth-order valence-electron chi connectivity index (χ4n) is 3.14. The molecule has 0 aliphatic carbocycles. The maximum absolute atomic E-state index is 12.5. The summed E-state index contributed by atoms with van der Waals surface area (Å²) in [6.07, 6.45) is 4.78. The quantitative estimate of drug-likeness (QED) is 0.845. The Bertz CT molecular complexity index is 658. The van der Waals surface area contributed by atoms with Gasteiger partial charge in [0.1, 0.15) is 0 Å². The van der Waals surface area contributed by atoms with Crippen LogP contribution in [0.25, 0.3) is 0 Å². The Labute approximate surface area is 141 Å². The number of hydrogen-bond donors (Lipinski definition) is 0. The van der Waals surface area contributed by atoms with Crippen LogP contribution < -0.4 is 0 Å². The van der Waals surface area contributed by atoms with Gasteiger partial charge in [-0.2, -0.15) is 4.37 Å². The van der Waals surface area contributed by atoms with E-state index in [0.717, 1.165) is 43.9 Å². The highest BCUT2D eigenvalue weighted by molar-refractivity contribution is 7.03. The van der Waals surface area contributed by atoms with Crippen LogP contribution in [0.15, 0.2) is 29.9 Å². The molecule has 23 heavy (non-hydrogen) atoms. The number of hydrogen-bond acceptors (Lipinski definition) is 5. The largest absolute Gasteiger partial charge is 0.338 e.